The molecule has 1 saturated carbocycles. The lowest BCUT2D eigenvalue weighted by Crippen LogP contribution is -2.49. The van der Waals surface area contributed by atoms with Crippen LogP contribution in [0.25, 0.3) is 11.0 Å². The average Bonchev–Trinajstić information content (AvgIpc) is 3.82. The van der Waals surface area contributed by atoms with Gasteiger partial charge in [-0.1, -0.05) is 12.1 Å². The van der Waals surface area contributed by atoms with E-state index >= 15 is 0 Å². The quantitative estimate of drug-likeness (QED) is 0.259. The van der Waals surface area contributed by atoms with Gasteiger partial charge in [0.15, 0.2) is 5.65 Å². The lowest BCUT2D eigenvalue weighted by Gasteiger charge is -2.35. The topological polar surface area (TPSA) is 99.9 Å². The maximum Gasteiger partial charge on any atom is 0.253 e. The second-order valence-corrected chi connectivity index (χ2v) is 11.7. The van der Waals surface area contributed by atoms with Crippen LogP contribution in [0.1, 0.15) is 35.7 Å². The number of rotatable bonds is 11. The molecule has 1 saturated heterocycles. The van der Waals surface area contributed by atoms with E-state index in [2.05, 4.69) is 30.9 Å². The minimum Gasteiger partial charge on any atom is -0.494 e. The zero-order valence-corrected chi connectivity index (χ0v) is 25.7. The van der Waals surface area contributed by atoms with E-state index in [9.17, 15) is 9.59 Å². The minimum absolute atomic E-state index is 0.000465. The van der Waals surface area contributed by atoms with Gasteiger partial charge in [0.2, 0.25) is 5.91 Å². The zero-order chi connectivity index (χ0) is 30.6. The molecule has 2 aromatic carbocycles. The van der Waals surface area contributed by atoms with Gasteiger partial charge in [-0.15, -0.1) is 0 Å². The molecular weight excluding hydrogens is 556 g/mol. The number of aromatic nitrogens is 4. The van der Waals surface area contributed by atoms with E-state index in [4.69, 9.17) is 4.74 Å². The van der Waals surface area contributed by atoms with E-state index in [0.717, 1.165) is 53.2 Å². The highest BCUT2D eigenvalue weighted by molar-refractivity contribution is 5.98. The number of hydrogen-bond acceptors (Lipinski definition) is 8. The number of fused-ring (bicyclic) bond motifs is 1. The molecule has 11 heteroatoms. The Morgan fingerprint density at radius 2 is 1.75 bits per heavy atom. The molecule has 2 fully saturated rings. The molecular formula is C33H40N8O3. The zero-order valence-electron chi connectivity index (χ0n) is 25.7. The molecule has 1 aliphatic heterocycles. The van der Waals surface area contributed by atoms with Gasteiger partial charge in [0.1, 0.15) is 17.9 Å². The van der Waals surface area contributed by atoms with Crippen molar-refractivity contribution in [3.63, 3.8) is 0 Å². The molecule has 0 atom stereocenters. The summed E-state index contributed by atoms with van der Waals surface area (Å²) in [5.41, 5.74) is 3.33. The number of benzene rings is 2. The van der Waals surface area contributed by atoms with E-state index in [1.165, 1.54) is 0 Å². The summed E-state index contributed by atoms with van der Waals surface area (Å²) in [6.45, 7) is 7.06. The predicted molar refractivity (Wildman–Crippen MR) is 170 cm³/mol. The first-order valence-corrected chi connectivity index (χ1v) is 15.4. The van der Waals surface area contributed by atoms with Gasteiger partial charge in [-0.25, -0.2) is 14.6 Å². The first-order chi connectivity index (χ1) is 21.4. The highest BCUT2D eigenvalue weighted by Crippen LogP contribution is 2.33. The Morgan fingerprint density at radius 3 is 2.45 bits per heavy atom. The summed E-state index contributed by atoms with van der Waals surface area (Å²) in [5, 5.41) is 5.52. The number of carbonyl (C=O) groups excluding carboxylic acids is 2. The predicted octanol–water partition coefficient (Wildman–Crippen LogP) is 3.54. The molecule has 1 aliphatic carbocycles. The Balaban J connectivity index is 1.10. The van der Waals surface area contributed by atoms with Crippen LogP contribution in [0.5, 0.6) is 5.75 Å². The van der Waals surface area contributed by atoms with E-state index in [0.29, 0.717) is 51.4 Å². The molecule has 0 N–H and O–H groups in total. The minimum atomic E-state index is -0.000465. The molecule has 2 aromatic heterocycles. The van der Waals surface area contributed by atoms with Crippen LogP contribution in [-0.4, -0.2) is 101 Å². The normalized spacial score (nSPS) is 15.2. The SMILES string of the molecule is CCOc1cccc(Cn2ncc3c(N4CCN(C(=O)c5ccc(N(CCN(C)C)C(=O)C6CC6)cc5)CC4)ncnc32)c1. The molecule has 11 nitrogen and oxygen atoms in total. The maximum atomic E-state index is 13.4. The van der Waals surface area contributed by atoms with Crippen molar-refractivity contribution in [2.45, 2.75) is 26.3 Å². The first-order valence-electron chi connectivity index (χ1n) is 15.4. The molecule has 6 rings (SSSR count). The van der Waals surface area contributed by atoms with E-state index in [-0.39, 0.29) is 17.7 Å². The van der Waals surface area contributed by atoms with Gasteiger partial charge in [0.25, 0.3) is 5.91 Å². The number of nitrogens with zero attached hydrogens (tertiary/aromatic N) is 8. The second-order valence-electron chi connectivity index (χ2n) is 11.7. The Bertz CT molecular complexity index is 1610. The maximum absolute atomic E-state index is 13.4. The van der Waals surface area contributed by atoms with Crippen LogP contribution >= 0.6 is 0 Å². The molecule has 230 valence electrons. The van der Waals surface area contributed by atoms with Crippen LogP contribution in [0.15, 0.2) is 61.1 Å². The molecule has 0 spiro atoms. The molecule has 0 radical (unpaired) electrons. The summed E-state index contributed by atoms with van der Waals surface area (Å²) in [4.78, 5) is 43.5. The van der Waals surface area contributed by atoms with Crippen molar-refractivity contribution in [1.82, 2.24) is 29.5 Å². The summed E-state index contributed by atoms with van der Waals surface area (Å²) < 4.78 is 7.53. The number of ether oxygens (including phenoxy) is 1. The summed E-state index contributed by atoms with van der Waals surface area (Å²) in [5.74, 6) is 1.99. The third-order valence-corrected chi connectivity index (χ3v) is 8.21. The number of anilines is 2. The molecule has 2 amide bonds. The second kappa shape index (κ2) is 13.0. The number of hydrogen-bond donors (Lipinski definition) is 0. The van der Waals surface area contributed by atoms with Gasteiger partial charge in [0, 0.05) is 56.4 Å². The number of amides is 2. The fourth-order valence-electron chi connectivity index (χ4n) is 5.63. The average molecular weight is 597 g/mol. The Morgan fingerprint density at radius 1 is 0.977 bits per heavy atom. The summed E-state index contributed by atoms with van der Waals surface area (Å²) in [7, 11) is 4.01. The Hall–Kier alpha value is -4.51. The van der Waals surface area contributed by atoms with E-state index in [1.54, 1.807) is 6.33 Å². The molecule has 44 heavy (non-hydrogen) atoms. The fraction of sp³-hybridized carbons (Fsp3) is 0.424. The van der Waals surface area contributed by atoms with Crippen LogP contribution in [0.4, 0.5) is 11.5 Å². The van der Waals surface area contributed by atoms with Crippen LogP contribution in [-0.2, 0) is 11.3 Å². The summed E-state index contributed by atoms with van der Waals surface area (Å²) >= 11 is 0. The third-order valence-electron chi connectivity index (χ3n) is 8.21. The molecule has 0 unspecified atom stereocenters. The molecule has 2 aliphatic rings. The smallest absolute Gasteiger partial charge is 0.253 e. The van der Waals surface area contributed by atoms with Crippen molar-refractivity contribution in [2.75, 3.05) is 69.8 Å². The highest BCUT2D eigenvalue weighted by atomic mass is 16.5. The van der Waals surface area contributed by atoms with Gasteiger partial charge in [-0.2, -0.15) is 5.10 Å². The van der Waals surface area contributed by atoms with Crippen LogP contribution in [0.3, 0.4) is 0 Å². The molecule has 3 heterocycles. The Labute approximate surface area is 258 Å². The lowest BCUT2D eigenvalue weighted by molar-refractivity contribution is -0.119. The van der Waals surface area contributed by atoms with E-state index < -0.39 is 0 Å². The lowest BCUT2D eigenvalue weighted by atomic mass is 10.1. The van der Waals surface area contributed by atoms with Crippen LogP contribution < -0.4 is 14.5 Å². The number of carbonyl (C=O) groups is 2. The van der Waals surface area contributed by atoms with Crippen LogP contribution in [0.2, 0.25) is 0 Å². The van der Waals surface area contributed by atoms with Gasteiger partial charge >= 0.3 is 0 Å². The highest BCUT2D eigenvalue weighted by Gasteiger charge is 2.34. The first kappa shape index (κ1) is 29.6. The monoisotopic (exact) mass is 596 g/mol. The fourth-order valence-corrected chi connectivity index (χ4v) is 5.63. The van der Waals surface area contributed by atoms with Crippen molar-refractivity contribution >= 4 is 34.4 Å². The number of likely N-dealkylation sites (N-methyl/N-ethyl adjacent to an activating group) is 1. The largest absolute Gasteiger partial charge is 0.494 e. The summed E-state index contributed by atoms with van der Waals surface area (Å²) in [6.07, 6.45) is 5.34. The van der Waals surface area contributed by atoms with Gasteiger partial charge in [-0.05, 0) is 75.8 Å². The van der Waals surface area contributed by atoms with Crippen molar-refractivity contribution in [2.24, 2.45) is 5.92 Å². The van der Waals surface area contributed by atoms with Crippen molar-refractivity contribution < 1.29 is 14.3 Å². The molecule has 4 aromatic rings. The standard InChI is InChI=1S/C33H40N8O3/c1-4-44-28-7-5-6-24(20-28)22-41-31-29(21-36-41)30(34-23-35-31)38-15-17-39(18-16-38)32(42)25-10-12-27(13-11-25)40(19-14-37(2)3)33(43)26-8-9-26/h5-7,10-13,20-21,23,26H,4,8-9,14-19,22H2,1-3H3. The van der Waals surface area contributed by atoms with Gasteiger partial charge in [0.05, 0.1) is 24.7 Å². The van der Waals surface area contributed by atoms with Gasteiger partial charge in [-0.3, -0.25) is 9.59 Å². The van der Waals surface area contributed by atoms with Crippen LogP contribution in [0, 0.1) is 5.92 Å². The van der Waals surface area contributed by atoms with Crippen molar-refractivity contribution in [1.29, 1.82) is 0 Å². The van der Waals surface area contributed by atoms with E-state index in [1.807, 2.05) is 84.2 Å². The Kier molecular flexibility index (Phi) is 8.74. The third kappa shape index (κ3) is 6.52. The van der Waals surface area contributed by atoms with Crippen molar-refractivity contribution in [3.8, 4) is 5.75 Å². The molecule has 0 bridgehead atoms. The number of piperazine rings is 1. The van der Waals surface area contributed by atoms with Gasteiger partial charge < -0.3 is 24.3 Å². The van der Waals surface area contributed by atoms with Crippen molar-refractivity contribution in [3.05, 3.63) is 72.2 Å². The summed E-state index contributed by atoms with van der Waals surface area (Å²) in [6, 6.07) is 15.5.